The van der Waals surface area contributed by atoms with E-state index >= 15 is 0 Å². The van der Waals surface area contributed by atoms with Crippen molar-refractivity contribution in [1.82, 2.24) is 4.90 Å². The van der Waals surface area contributed by atoms with Crippen molar-refractivity contribution in [2.75, 3.05) is 7.11 Å². The van der Waals surface area contributed by atoms with Gasteiger partial charge in [-0.15, -0.1) is 0 Å². The molecule has 1 aliphatic heterocycles. The molecule has 6 heteroatoms. The lowest BCUT2D eigenvalue weighted by atomic mass is 10.1. The van der Waals surface area contributed by atoms with Gasteiger partial charge in [-0.1, -0.05) is 39.9 Å². The van der Waals surface area contributed by atoms with E-state index in [1.807, 2.05) is 45.0 Å². The summed E-state index contributed by atoms with van der Waals surface area (Å²) in [7, 11) is 1.61. The molecule has 1 amide bonds. The summed E-state index contributed by atoms with van der Waals surface area (Å²) in [5, 5.41) is 0. The fourth-order valence-corrected chi connectivity index (χ4v) is 4.01. The number of amides is 1. The van der Waals surface area contributed by atoms with Crippen molar-refractivity contribution in [3.63, 3.8) is 0 Å². The zero-order valence-electron chi connectivity index (χ0n) is 12.3. The van der Waals surface area contributed by atoms with E-state index in [4.69, 9.17) is 17.0 Å². The third-order valence-corrected chi connectivity index (χ3v) is 4.74. The molecule has 0 unspecified atom stereocenters. The van der Waals surface area contributed by atoms with Gasteiger partial charge in [-0.25, -0.2) is 0 Å². The maximum Gasteiger partial charge on any atom is 0.266 e. The van der Waals surface area contributed by atoms with Crippen LogP contribution in [0.1, 0.15) is 26.3 Å². The van der Waals surface area contributed by atoms with Gasteiger partial charge >= 0.3 is 0 Å². The zero-order valence-corrected chi connectivity index (χ0v) is 15.5. The number of benzene rings is 1. The van der Waals surface area contributed by atoms with Crippen molar-refractivity contribution < 1.29 is 9.53 Å². The molecule has 2 rings (SSSR count). The Morgan fingerprint density at radius 3 is 2.57 bits per heavy atom. The fraction of sp³-hybridized carbons (Fsp3) is 0.333. The van der Waals surface area contributed by atoms with Crippen LogP contribution in [0.4, 0.5) is 0 Å². The minimum Gasteiger partial charge on any atom is -0.496 e. The average Bonchev–Trinajstić information content (AvgIpc) is 2.64. The van der Waals surface area contributed by atoms with Crippen LogP contribution in [0.3, 0.4) is 0 Å². The van der Waals surface area contributed by atoms with Crippen LogP contribution in [-0.4, -0.2) is 27.8 Å². The predicted molar refractivity (Wildman–Crippen MR) is 95.5 cm³/mol. The number of carbonyl (C=O) groups is 1. The number of thiocarbonyl (C=S) groups is 1. The van der Waals surface area contributed by atoms with Crippen molar-refractivity contribution in [3.8, 4) is 5.75 Å². The third-order valence-electron chi connectivity index (χ3n) is 2.94. The lowest BCUT2D eigenvalue weighted by Crippen LogP contribution is -2.44. The highest BCUT2D eigenvalue weighted by Crippen LogP contribution is 2.38. The number of rotatable bonds is 2. The molecule has 112 valence electrons. The molecule has 0 atom stereocenters. The lowest BCUT2D eigenvalue weighted by molar-refractivity contribution is -0.125. The van der Waals surface area contributed by atoms with E-state index in [0.717, 1.165) is 15.8 Å². The van der Waals surface area contributed by atoms with E-state index in [0.29, 0.717) is 9.23 Å². The monoisotopic (exact) mass is 385 g/mol. The van der Waals surface area contributed by atoms with Crippen LogP contribution in [0.15, 0.2) is 27.6 Å². The molecule has 0 N–H and O–H groups in total. The minimum atomic E-state index is -0.321. The normalized spacial score (nSPS) is 17.8. The second-order valence-electron chi connectivity index (χ2n) is 5.57. The average molecular weight is 386 g/mol. The molecule has 1 saturated heterocycles. The van der Waals surface area contributed by atoms with Crippen LogP contribution in [0.5, 0.6) is 5.75 Å². The summed E-state index contributed by atoms with van der Waals surface area (Å²) in [5.74, 6) is 0.666. The molecule has 1 heterocycles. The van der Waals surface area contributed by atoms with E-state index in [2.05, 4.69) is 15.9 Å². The molecule has 1 aromatic rings. The van der Waals surface area contributed by atoms with Gasteiger partial charge in [0.1, 0.15) is 10.1 Å². The predicted octanol–water partition coefficient (Wildman–Crippen LogP) is 4.46. The van der Waals surface area contributed by atoms with Crippen LogP contribution in [-0.2, 0) is 4.79 Å². The van der Waals surface area contributed by atoms with Crippen LogP contribution in [0.25, 0.3) is 6.08 Å². The number of carbonyl (C=O) groups excluding carboxylic acids is 1. The summed E-state index contributed by atoms with van der Waals surface area (Å²) in [4.78, 5) is 14.8. The molecule has 0 aromatic heterocycles. The highest BCUT2D eigenvalue weighted by molar-refractivity contribution is 9.10. The molecule has 1 fully saturated rings. The number of hydrogen-bond donors (Lipinski definition) is 0. The fourth-order valence-electron chi connectivity index (χ4n) is 2.01. The number of hydrogen-bond acceptors (Lipinski definition) is 4. The van der Waals surface area contributed by atoms with Gasteiger partial charge in [0.2, 0.25) is 0 Å². The standard InChI is InChI=1S/C15H16BrNO2S2/c1-15(2,3)17-13(18)12(21-14(17)20)8-9-7-10(16)5-6-11(9)19-4/h5-8H,1-4H3/b12-8+. The SMILES string of the molecule is COc1ccc(Br)cc1/C=C1/SC(=S)N(C(C)(C)C)C1=O. The summed E-state index contributed by atoms with van der Waals surface area (Å²) in [6.07, 6.45) is 1.83. The lowest BCUT2D eigenvalue weighted by Gasteiger charge is -2.30. The van der Waals surface area contributed by atoms with Gasteiger partial charge in [0, 0.05) is 15.6 Å². The van der Waals surface area contributed by atoms with Gasteiger partial charge in [-0.05, 0) is 45.0 Å². The summed E-state index contributed by atoms with van der Waals surface area (Å²) >= 11 is 10.1. The Labute approximate surface area is 142 Å². The van der Waals surface area contributed by atoms with Gasteiger partial charge in [0.25, 0.3) is 5.91 Å². The topological polar surface area (TPSA) is 29.5 Å². The molecule has 0 radical (unpaired) electrons. The van der Waals surface area contributed by atoms with E-state index in [1.165, 1.54) is 11.8 Å². The number of ether oxygens (including phenoxy) is 1. The van der Waals surface area contributed by atoms with E-state index in [9.17, 15) is 4.79 Å². The Morgan fingerprint density at radius 2 is 2.05 bits per heavy atom. The summed E-state index contributed by atoms with van der Waals surface area (Å²) in [5.41, 5.74) is 0.527. The van der Waals surface area contributed by atoms with Crippen molar-refractivity contribution in [2.45, 2.75) is 26.3 Å². The Kier molecular flexibility index (Phi) is 4.80. The Morgan fingerprint density at radius 1 is 1.38 bits per heavy atom. The number of thioether (sulfide) groups is 1. The Balaban J connectivity index is 2.42. The van der Waals surface area contributed by atoms with Crippen molar-refractivity contribution >= 4 is 56.2 Å². The highest BCUT2D eigenvalue weighted by Gasteiger charge is 2.39. The molecular weight excluding hydrogens is 370 g/mol. The first-order valence-electron chi connectivity index (χ1n) is 6.35. The first-order valence-corrected chi connectivity index (χ1v) is 8.37. The summed E-state index contributed by atoms with van der Waals surface area (Å²) < 4.78 is 6.86. The van der Waals surface area contributed by atoms with Gasteiger partial charge in [-0.2, -0.15) is 0 Å². The second-order valence-corrected chi connectivity index (χ2v) is 8.17. The van der Waals surface area contributed by atoms with Crippen LogP contribution >= 0.6 is 39.9 Å². The van der Waals surface area contributed by atoms with Crippen molar-refractivity contribution in [3.05, 3.63) is 33.1 Å². The van der Waals surface area contributed by atoms with Crippen LogP contribution < -0.4 is 4.74 Å². The molecule has 21 heavy (non-hydrogen) atoms. The van der Waals surface area contributed by atoms with Gasteiger partial charge in [0.05, 0.1) is 12.0 Å². The summed E-state index contributed by atoms with van der Waals surface area (Å²) in [6.45, 7) is 5.92. The number of halogens is 1. The number of nitrogens with zero attached hydrogens (tertiary/aromatic N) is 1. The largest absolute Gasteiger partial charge is 0.496 e. The van der Waals surface area contributed by atoms with Gasteiger partial charge in [-0.3, -0.25) is 9.69 Å². The quantitative estimate of drug-likeness (QED) is 0.555. The van der Waals surface area contributed by atoms with Gasteiger partial charge in [0.15, 0.2) is 0 Å². The molecule has 1 aromatic carbocycles. The van der Waals surface area contributed by atoms with Crippen LogP contribution in [0.2, 0.25) is 0 Å². The molecule has 0 spiro atoms. The minimum absolute atomic E-state index is 0.0560. The van der Waals surface area contributed by atoms with E-state index in [-0.39, 0.29) is 11.4 Å². The van der Waals surface area contributed by atoms with Crippen LogP contribution in [0, 0.1) is 0 Å². The smallest absolute Gasteiger partial charge is 0.266 e. The van der Waals surface area contributed by atoms with E-state index in [1.54, 1.807) is 12.0 Å². The van der Waals surface area contributed by atoms with E-state index < -0.39 is 0 Å². The maximum absolute atomic E-state index is 12.5. The molecule has 0 aliphatic carbocycles. The molecule has 0 saturated carbocycles. The second kappa shape index (κ2) is 6.10. The molecular formula is C15H16BrNO2S2. The zero-order chi connectivity index (χ0) is 15.8. The first kappa shape index (κ1) is 16.5. The molecule has 3 nitrogen and oxygen atoms in total. The first-order chi connectivity index (χ1) is 9.74. The third kappa shape index (κ3) is 3.49. The van der Waals surface area contributed by atoms with Crippen molar-refractivity contribution in [2.24, 2.45) is 0 Å². The Bertz CT molecular complexity index is 635. The summed E-state index contributed by atoms with van der Waals surface area (Å²) in [6, 6.07) is 5.68. The highest BCUT2D eigenvalue weighted by atomic mass is 79.9. The molecule has 0 bridgehead atoms. The Hall–Kier alpha value is -0.850. The van der Waals surface area contributed by atoms with Gasteiger partial charge < -0.3 is 4.74 Å². The van der Waals surface area contributed by atoms with Crippen molar-refractivity contribution in [1.29, 1.82) is 0 Å². The molecule has 1 aliphatic rings. The number of methoxy groups -OCH3 is 1. The maximum atomic E-state index is 12.5.